The van der Waals surface area contributed by atoms with Gasteiger partial charge in [-0.15, -0.1) is 0 Å². The van der Waals surface area contributed by atoms with Crippen molar-refractivity contribution in [3.8, 4) is 0 Å². The number of nitrogens with two attached hydrogens (primary N) is 1. The molecule has 2 aliphatic heterocycles. The molecule has 11 nitrogen and oxygen atoms in total. The van der Waals surface area contributed by atoms with Crippen LogP contribution in [0, 0.1) is 0 Å². The van der Waals surface area contributed by atoms with Gasteiger partial charge >= 0.3 is 5.97 Å². The van der Waals surface area contributed by atoms with E-state index in [1.54, 1.807) is 4.57 Å². The Morgan fingerprint density at radius 1 is 1.18 bits per heavy atom. The number of aromatic nitrogens is 4. The molecule has 0 spiro atoms. The molecule has 0 bridgehead atoms. The molecular weight excluding hydrogens is 442 g/mol. The van der Waals surface area contributed by atoms with E-state index in [0.717, 1.165) is 19.3 Å². The van der Waals surface area contributed by atoms with Gasteiger partial charge in [-0.3, -0.25) is 19.1 Å². The number of anilines is 1. The summed E-state index contributed by atoms with van der Waals surface area (Å²) in [7, 11) is 0. The Morgan fingerprint density at radius 2 is 1.88 bits per heavy atom. The lowest BCUT2D eigenvalue weighted by molar-refractivity contribution is -0.202. The molecule has 188 valence electrons. The summed E-state index contributed by atoms with van der Waals surface area (Å²) in [6.45, 7) is 5.89. The van der Waals surface area contributed by atoms with Crippen LogP contribution in [0.15, 0.2) is 11.1 Å². The lowest BCUT2D eigenvalue weighted by atomic mass is 10.1. The van der Waals surface area contributed by atoms with E-state index in [1.165, 1.54) is 32.0 Å². The van der Waals surface area contributed by atoms with Gasteiger partial charge in [-0.25, -0.2) is 4.98 Å². The Bertz CT molecular complexity index is 1050. The van der Waals surface area contributed by atoms with Crippen molar-refractivity contribution in [2.45, 2.75) is 102 Å². The zero-order valence-electron chi connectivity index (χ0n) is 20.1. The van der Waals surface area contributed by atoms with Gasteiger partial charge in [0.05, 0.1) is 6.33 Å². The fourth-order valence-electron chi connectivity index (χ4n) is 4.62. The van der Waals surface area contributed by atoms with E-state index in [0.29, 0.717) is 6.42 Å². The summed E-state index contributed by atoms with van der Waals surface area (Å²) in [4.78, 5) is 35.3. The van der Waals surface area contributed by atoms with E-state index < -0.39 is 35.9 Å². The maximum atomic E-state index is 12.3. The van der Waals surface area contributed by atoms with Crippen LogP contribution in [0.4, 0.5) is 5.95 Å². The fraction of sp³-hybridized carbons (Fsp3) is 0.739. The number of ether oxygens (including phenoxy) is 4. The van der Waals surface area contributed by atoms with E-state index in [4.69, 9.17) is 24.7 Å². The molecule has 4 heterocycles. The van der Waals surface area contributed by atoms with Gasteiger partial charge in [0.15, 0.2) is 23.2 Å². The molecule has 4 rings (SSSR count). The molecule has 2 saturated heterocycles. The van der Waals surface area contributed by atoms with Crippen molar-refractivity contribution in [3.05, 3.63) is 16.7 Å². The zero-order chi connectivity index (χ0) is 24.3. The second kappa shape index (κ2) is 10.4. The van der Waals surface area contributed by atoms with Crippen LogP contribution in [0.5, 0.6) is 0 Å². The van der Waals surface area contributed by atoms with Crippen LogP contribution >= 0.6 is 0 Å². The fourth-order valence-corrected chi connectivity index (χ4v) is 4.62. The number of nitrogen functional groups attached to an aromatic ring is 1. The number of unbranched alkanes of at least 4 members (excludes halogenated alkanes) is 6. The highest BCUT2D eigenvalue weighted by Gasteiger charge is 2.56. The van der Waals surface area contributed by atoms with Gasteiger partial charge in [0, 0.05) is 6.42 Å². The van der Waals surface area contributed by atoms with Crippen LogP contribution in [0.25, 0.3) is 11.2 Å². The number of carbonyl (C=O) groups is 1. The summed E-state index contributed by atoms with van der Waals surface area (Å²) in [6.07, 6.45) is 7.65. The Kier molecular flexibility index (Phi) is 7.54. The van der Waals surface area contributed by atoms with Crippen molar-refractivity contribution in [1.82, 2.24) is 19.5 Å². The summed E-state index contributed by atoms with van der Waals surface area (Å²) < 4.78 is 25.5. The quantitative estimate of drug-likeness (QED) is 0.369. The van der Waals surface area contributed by atoms with Crippen LogP contribution in [0.1, 0.15) is 78.4 Å². The first-order valence-electron chi connectivity index (χ1n) is 12.2. The van der Waals surface area contributed by atoms with Crippen LogP contribution < -0.4 is 11.3 Å². The number of esters is 1. The minimum Gasteiger partial charge on any atom is -0.463 e. The highest BCUT2D eigenvalue weighted by molar-refractivity contribution is 5.70. The smallest absolute Gasteiger partial charge is 0.305 e. The lowest BCUT2D eigenvalue weighted by Gasteiger charge is -2.24. The first kappa shape index (κ1) is 24.6. The minimum absolute atomic E-state index is 0.0199. The number of H-pyrrole nitrogens is 1. The number of fused-ring (bicyclic) bond motifs is 2. The minimum atomic E-state index is -0.836. The van der Waals surface area contributed by atoms with Gasteiger partial charge in [0.1, 0.15) is 24.9 Å². The molecular formula is C23H35N5O6. The maximum Gasteiger partial charge on any atom is 0.305 e. The Morgan fingerprint density at radius 3 is 2.65 bits per heavy atom. The van der Waals surface area contributed by atoms with Gasteiger partial charge in [-0.2, -0.15) is 4.98 Å². The monoisotopic (exact) mass is 477 g/mol. The predicted octanol–water partition coefficient (Wildman–Crippen LogP) is 2.80. The topological polar surface area (TPSA) is 144 Å². The van der Waals surface area contributed by atoms with E-state index in [1.807, 2.05) is 13.8 Å². The molecule has 0 aromatic carbocycles. The molecule has 11 heteroatoms. The van der Waals surface area contributed by atoms with Crippen LogP contribution in [-0.2, 0) is 23.7 Å². The number of nitrogens with zero attached hydrogens (tertiary/aromatic N) is 3. The second-order valence-electron chi connectivity index (χ2n) is 9.46. The molecule has 34 heavy (non-hydrogen) atoms. The highest BCUT2D eigenvalue weighted by Crippen LogP contribution is 2.43. The molecule has 0 saturated carbocycles. The van der Waals surface area contributed by atoms with Crippen molar-refractivity contribution in [1.29, 1.82) is 0 Å². The van der Waals surface area contributed by atoms with Gasteiger partial charge in [-0.05, 0) is 20.3 Å². The number of nitrogens with one attached hydrogen (secondary N) is 1. The van der Waals surface area contributed by atoms with Gasteiger partial charge in [0.25, 0.3) is 5.56 Å². The Hall–Kier alpha value is -2.50. The van der Waals surface area contributed by atoms with Crippen molar-refractivity contribution < 1.29 is 23.7 Å². The first-order valence-corrected chi connectivity index (χ1v) is 12.2. The van der Waals surface area contributed by atoms with Crippen molar-refractivity contribution in [3.63, 3.8) is 0 Å². The van der Waals surface area contributed by atoms with E-state index in [-0.39, 0.29) is 29.7 Å². The van der Waals surface area contributed by atoms with Crippen molar-refractivity contribution in [2.75, 3.05) is 12.3 Å². The summed E-state index contributed by atoms with van der Waals surface area (Å²) in [5.74, 6) is -1.10. The molecule has 0 radical (unpaired) electrons. The van der Waals surface area contributed by atoms with Crippen molar-refractivity contribution >= 4 is 23.1 Å². The standard InChI is InChI=1S/C23H35N5O6/c1-4-5-6-7-8-9-10-11-15(29)31-12-14-17-18(34-23(2,3)33-17)21(32-14)28-13-25-16-19(28)26-22(24)27-20(16)30/h13-14,17-18,21H,4-12H2,1-3H3,(H3,24,26,27,30)/t14-,17-,18-,21-/m1/s1. The first-order chi connectivity index (χ1) is 16.3. The number of imidazole rings is 1. The molecule has 2 aliphatic rings. The molecule has 2 aromatic rings. The van der Waals surface area contributed by atoms with Gasteiger partial charge in [0.2, 0.25) is 5.95 Å². The summed E-state index contributed by atoms with van der Waals surface area (Å²) in [6, 6.07) is 0. The Balaban J connectivity index is 1.37. The van der Waals surface area contributed by atoms with Gasteiger partial charge in [-0.1, -0.05) is 45.4 Å². The molecule has 4 atom stereocenters. The number of hydrogen-bond donors (Lipinski definition) is 2. The molecule has 2 fully saturated rings. The van der Waals surface area contributed by atoms with Crippen LogP contribution in [0.3, 0.4) is 0 Å². The molecule has 2 aromatic heterocycles. The summed E-state index contributed by atoms with van der Waals surface area (Å²) in [5, 5.41) is 0. The third-order valence-corrected chi connectivity index (χ3v) is 6.24. The van der Waals surface area contributed by atoms with Crippen LogP contribution in [-0.4, -0.2) is 56.2 Å². The lowest BCUT2D eigenvalue weighted by Crippen LogP contribution is -2.33. The molecule has 0 unspecified atom stereocenters. The third kappa shape index (κ3) is 5.42. The van der Waals surface area contributed by atoms with E-state index in [2.05, 4.69) is 21.9 Å². The highest BCUT2D eigenvalue weighted by atomic mass is 16.8. The summed E-state index contributed by atoms with van der Waals surface area (Å²) in [5.41, 5.74) is 5.73. The molecule has 3 N–H and O–H groups in total. The SMILES string of the molecule is CCCCCCCCCC(=O)OC[C@H]1O[C@@H](n2cnc3c(=O)[nH]c(N)nc32)[C@@H]2OC(C)(C)O[C@@H]21. The van der Waals surface area contributed by atoms with Crippen molar-refractivity contribution in [2.24, 2.45) is 0 Å². The predicted molar refractivity (Wildman–Crippen MR) is 124 cm³/mol. The second-order valence-corrected chi connectivity index (χ2v) is 9.46. The van der Waals surface area contributed by atoms with Crippen LogP contribution in [0.2, 0.25) is 0 Å². The largest absolute Gasteiger partial charge is 0.463 e. The Labute approximate surface area is 198 Å². The summed E-state index contributed by atoms with van der Waals surface area (Å²) >= 11 is 0. The number of rotatable bonds is 11. The van der Waals surface area contributed by atoms with E-state index >= 15 is 0 Å². The number of aromatic amines is 1. The zero-order valence-corrected chi connectivity index (χ0v) is 20.1. The average Bonchev–Trinajstić information content (AvgIpc) is 3.42. The normalized spacial score (nSPS) is 25.6. The third-order valence-electron chi connectivity index (χ3n) is 6.24. The number of hydrogen-bond acceptors (Lipinski definition) is 9. The molecule has 0 aliphatic carbocycles. The number of carbonyl (C=O) groups excluding carboxylic acids is 1. The maximum absolute atomic E-state index is 12.3. The molecule has 0 amide bonds. The van der Waals surface area contributed by atoms with E-state index in [9.17, 15) is 9.59 Å². The van der Waals surface area contributed by atoms with Gasteiger partial charge < -0.3 is 24.7 Å². The average molecular weight is 478 g/mol.